The minimum atomic E-state index is -1.12. The minimum absolute atomic E-state index is 0.000490. The van der Waals surface area contributed by atoms with Gasteiger partial charge in [-0.05, 0) is 55.2 Å². The quantitative estimate of drug-likeness (QED) is 0.492. The van der Waals surface area contributed by atoms with Crippen LogP contribution < -0.4 is 15.9 Å². The molecule has 1 aliphatic heterocycles. The lowest BCUT2D eigenvalue weighted by atomic mass is 9.87. The van der Waals surface area contributed by atoms with Crippen LogP contribution in [0.25, 0.3) is 0 Å². The first-order valence-corrected chi connectivity index (χ1v) is 10.1. The highest BCUT2D eigenvalue weighted by molar-refractivity contribution is 6.30. The van der Waals surface area contributed by atoms with Gasteiger partial charge >= 0.3 is 5.97 Å². The summed E-state index contributed by atoms with van der Waals surface area (Å²) < 4.78 is 0. The number of hydrogen-bond acceptors (Lipinski definition) is 5. The van der Waals surface area contributed by atoms with E-state index in [1.54, 1.807) is 13.8 Å². The number of carboxylic acids is 1. The highest BCUT2D eigenvalue weighted by atomic mass is 16.4. The number of carbonyl (C=O) groups is 3. The lowest BCUT2D eigenvalue weighted by Gasteiger charge is -2.20. The predicted molar refractivity (Wildman–Crippen MR) is 122 cm³/mol. The summed E-state index contributed by atoms with van der Waals surface area (Å²) in [5, 5.41) is 14.8. The van der Waals surface area contributed by atoms with Gasteiger partial charge < -0.3 is 10.5 Å². The minimum Gasteiger partial charge on any atom is -0.478 e. The van der Waals surface area contributed by atoms with Crippen LogP contribution in [0.5, 0.6) is 0 Å². The van der Waals surface area contributed by atoms with Crippen LogP contribution >= 0.6 is 0 Å². The number of anilines is 1. The Morgan fingerprint density at radius 1 is 1.00 bits per heavy atom. The van der Waals surface area contributed by atoms with Gasteiger partial charge in [-0.25, -0.2) is 4.79 Å². The lowest BCUT2D eigenvalue weighted by Crippen LogP contribution is -2.38. The van der Waals surface area contributed by atoms with Crippen molar-refractivity contribution in [1.82, 2.24) is 10.9 Å². The summed E-state index contributed by atoms with van der Waals surface area (Å²) in [5.41, 5.74) is 8.52. The molecule has 2 aromatic carbocycles. The molecule has 0 bridgehead atoms. The molecule has 3 rings (SSSR count). The van der Waals surface area contributed by atoms with Crippen molar-refractivity contribution in [3.05, 3.63) is 76.5 Å². The largest absolute Gasteiger partial charge is 0.478 e. The van der Waals surface area contributed by atoms with Crippen molar-refractivity contribution in [3.8, 4) is 0 Å². The Morgan fingerprint density at radius 3 is 2.22 bits per heavy atom. The van der Waals surface area contributed by atoms with Crippen molar-refractivity contribution >= 4 is 29.2 Å². The van der Waals surface area contributed by atoms with Crippen LogP contribution in [0, 0.1) is 0 Å². The van der Waals surface area contributed by atoms with Crippen molar-refractivity contribution in [2.45, 2.75) is 40.0 Å². The van der Waals surface area contributed by atoms with Crippen molar-refractivity contribution in [1.29, 1.82) is 0 Å². The second-order valence-electron chi connectivity index (χ2n) is 8.56. The van der Waals surface area contributed by atoms with Crippen molar-refractivity contribution in [2.24, 2.45) is 5.10 Å². The van der Waals surface area contributed by atoms with Crippen molar-refractivity contribution in [3.63, 3.8) is 0 Å². The summed E-state index contributed by atoms with van der Waals surface area (Å²) in [7, 11) is 0. The molecule has 2 amide bonds. The van der Waals surface area contributed by atoms with E-state index in [0.717, 1.165) is 5.56 Å². The van der Waals surface area contributed by atoms with E-state index in [-0.39, 0.29) is 22.4 Å². The molecule has 1 heterocycles. The maximum atomic E-state index is 13.0. The number of amides is 2. The molecule has 3 N–H and O–H groups in total. The average Bonchev–Trinajstić information content (AvgIpc) is 3.05. The number of nitrogens with one attached hydrogen (secondary N) is 2. The van der Waals surface area contributed by atoms with Crippen LogP contribution in [0.2, 0.25) is 0 Å². The Balaban J connectivity index is 1.74. The van der Waals surface area contributed by atoms with Gasteiger partial charge in [-0.2, -0.15) is 10.1 Å². The summed E-state index contributed by atoms with van der Waals surface area (Å²) in [5.74, 6) is -1.95. The molecule has 0 aliphatic carbocycles. The van der Waals surface area contributed by atoms with Crippen LogP contribution in [0.4, 0.5) is 5.69 Å². The highest BCUT2D eigenvalue weighted by Gasteiger charge is 2.31. The molecule has 1 aliphatic rings. The monoisotopic (exact) mass is 434 g/mol. The van der Waals surface area contributed by atoms with Gasteiger partial charge in [0.25, 0.3) is 11.8 Å². The Kier molecular flexibility index (Phi) is 6.16. The van der Waals surface area contributed by atoms with Gasteiger partial charge in [-0.15, -0.1) is 0 Å². The third-order valence-electron chi connectivity index (χ3n) is 5.11. The number of carbonyl (C=O) groups excluding carboxylic acids is 2. The Morgan fingerprint density at radius 2 is 1.62 bits per heavy atom. The zero-order valence-corrected chi connectivity index (χ0v) is 18.7. The number of hydrogen-bond donors (Lipinski definition) is 3. The van der Waals surface area contributed by atoms with E-state index >= 15 is 0 Å². The molecule has 8 nitrogen and oxygen atoms in total. The topological polar surface area (TPSA) is 111 Å². The van der Waals surface area contributed by atoms with Gasteiger partial charge in [0.05, 0.1) is 22.5 Å². The van der Waals surface area contributed by atoms with E-state index in [4.69, 9.17) is 5.11 Å². The number of benzene rings is 2. The van der Waals surface area contributed by atoms with Crippen LogP contribution in [0.3, 0.4) is 0 Å². The van der Waals surface area contributed by atoms with Crippen molar-refractivity contribution in [2.75, 3.05) is 5.01 Å². The fourth-order valence-corrected chi connectivity index (χ4v) is 3.29. The van der Waals surface area contributed by atoms with E-state index in [0.29, 0.717) is 22.7 Å². The lowest BCUT2D eigenvalue weighted by molar-refractivity contribution is -0.114. The summed E-state index contributed by atoms with van der Waals surface area (Å²) >= 11 is 0. The first-order valence-electron chi connectivity index (χ1n) is 10.1. The fourth-order valence-electron chi connectivity index (χ4n) is 3.29. The molecular weight excluding hydrogens is 408 g/mol. The van der Waals surface area contributed by atoms with Crippen LogP contribution in [0.15, 0.2) is 64.9 Å². The third kappa shape index (κ3) is 4.69. The number of carboxylic acid groups (broad SMARTS) is 1. The normalized spacial score (nSPS) is 15.3. The van der Waals surface area contributed by atoms with Gasteiger partial charge in [-0.1, -0.05) is 39.0 Å². The summed E-state index contributed by atoms with van der Waals surface area (Å²) in [4.78, 5) is 36.5. The Bertz CT molecular complexity index is 1140. The van der Waals surface area contributed by atoms with E-state index in [1.165, 1.54) is 29.3 Å². The molecule has 0 saturated carbocycles. The Labute approximate surface area is 186 Å². The van der Waals surface area contributed by atoms with Gasteiger partial charge in [0.2, 0.25) is 0 Å². The molecule has 0 saturated heterocycles. The molecule has 0 aromatic heterocycles. The number of hydrazone groups is 1. The first kappa shape index (κ1) is 22.7. The summed E-state index contributed by atoms with van der Waals surface area (Å²) in [6, 6.07) is 13.3. The molecule has 166 valence electrons. The predicted octanol–water partition coefficient (Wildman–Crippen LogP) is 3.61. The van der Waals surface area contributed by atoms with Crippen molar-refractivity contribution < 1.29 is 19.5 Å². The summed E-state index contributed by atoms with van der Waals surface area (Å²) in [6.45, 7) is 9.74. The van der Waals surface area contributed by atoms with Gasteiger partial charge in [-0.3, -0.25) is 15.0 Å². The standard InChI is InChI=1S/C24H26N4O4/c1-14(25-26-21(29)16-7-6-8-17(13-16)23(31)32)20-15(2)27-28(22(20)30)19-11-9-18(10-12-19)24(3,4)5/h6-13,25H,1-5H3,(H,26,29)(H,31,32). The third-order valence-corrected chi connectivity index (χ3v) is 5.11. The SMILES string of the molecule is CC1=NN(c2ccc(C(C)(C)C)cc2)C(=O)C1=C(C)NNC(=O)c1cccc(C(=O)O)c1. The molecule has 0 fully saturated rings. The molecular formula is C24H26N4O4. The number of allylic oxidation sites excluding steroid dienone is 1. The van der Waals surface area contributed by atoms with Gasteiger partial charge in [0, 0.05) is 11.3 Å². The zero-order valence-electron chi connectivity index (χ0n) is 18.7. The van der Waals surface area contributed by atoms with Crippen LogP contribution in [-0.2, 0) is 10.2 Å². The van der Waals surface area contributed by atoms with E-state index < -0.39 is 11.9 Å². The molecule has 32 heavy (non-hydrogen) atoms. The molecule has 8 heteroatoms. The maximum Gasteiger partial charge on any atom is 0.335 e. The van der Waals surface area contributed by atoms with E-state index in [1.807, 2.05) is 24.3 Å². The number of aromatic carboxylic acids is 1. The van der Waals surface area contributed by atoms with E-state index in [9.17, 15) is 14.4 Å². The van der Waals surface area contributed by atoms with Crippen LogP contribution in [-0.4, -0.2) is 28.6 Å². The second kappa shape index (κ2) is 8.66. The molecule has 0 unspecified atom stereocenters. The number of hydrazine groups is 1. The second-order valence-corrected chi connectivity index (χ2v) is 8.56. The summed E-state index contributed by atoms with van der Waals surface area (Å²) in [6.07, 6.45) is 0. The van der Waals surface area contributed by atoms with Crippen LogP contribution in [0.1, 0.15) is 60.9 Å². The number of nitrogens with zero attached hydrogens (tertiary/aromatic N) is 2. The molecule has 0 atom stereocenters. The zero-order chi connectivity index (χ0) is 23.6. The number of rotatable bonds is 5. The highest BCUT2D eigenvalue weighted by Crippen LogP contribution is 2.28. The maximum absolute atomic E-state index is 13.0. The molecule has 0 radical (unpaired) electrons. The smallest absolute Gasteiger partial charge is 0.335 e. The Hall–Kier alpha value is -3.94. The first-order chi connectivity index (χ1) is 15.0. The fraction of sp³-hybridized carbons (Fsp3) is 0.250. The van der Waals surface area contributed by atoms with Gasteiger partial charge in [0.15, 0.2) is 0 Å². The van der Waals surface area contributed by atoms with E-state index in [2.05, 4.69) is 36.7 Å². The average molecular weight is 434 g/mol. The van der Waals surface area contributed by atoms with Gasteiger partial charge in [0.1, 0.15) is 0 Å². The molecule has 0 spiro atoms. The molecule has 2 aromatic rings.